The third-order valence-corrected chi connectivity index (χ3v) is 4.25. The molecule has 4 aromatic rings. The molecule has 3 aromatic carbocycles. The Kier molecular flexibility index (Phi) is 4.72. The molecule has 0 fully saturated rings. The fraction of sp³-hybridized carbons (Fsp3) is 0.0455. The van der Waals surface area contributed by atoms with Crippen molar-refractivity contribution in [3.05, 3.63) is 78.4 Å². The van der Waals surface area contributed by atoms with Gasteiger partial charge in [-0.1, -0.05) is 36.4 Å². The van der Waals surface area contributed by atoms with Crippen LogP contribution in [-0.4, -0.2) is 15.1 Å². The monoisotopic (exact) mass is 367 g/mol. The molecule has 3 N–H and O–H groups in total. The van der Waals surface area contributed by atoms with Gasteiger partial charge in [0.05, 0.1) is 23.7 Å². The van der Waals surface area contributed by atoms with E-state index >= 15 is 0 Å². The van der Waals surface area contributed by atoms with E-state index in [2.05, 4.69) is 26.7 Å². The van der Waals surface area contributed by atoms with E-state index in [0.717, 1.165) is 22.2 Å². The van der Waals surface area contributed by atoms with Gasteiger partial charge in [0, 0.05) is 11.1 Å². The molecule has 6 heteroatoms. The van der Waals surface area contributed by atoms with Crippen LogP contribution in [0.25, 0.3) is 10.9 Å². The summed E-state index contributed by atoms with van der Waals surface area (Å²) < 4.78 is 0. The van der Waals surface area contributed by atoms with Gasteiger partial charge < -0.3 is 15.7 Å². The summed E-state index contributed by atoms with van der Waals surface area (Å²) in [5.74, 6) is 1.17. The largest absolute Gasteiger partial charge is 0.506 e. The number of fused-ring (bicyclic) bond motifs is 1. The fourth-order valence-electron chi connectivity index (χ4n) is 2.86. The molecule has 0 bridgehead atoms. The minimum atomic E-state index is 0.146. The summed E-state index contributed by atoms with van der Waals surface area (Å²) in [5, 5.41) is 26.1. The highest BCUT2D eigenvalue weighted by molar-refractivity contribution is 5.92. The smallest absolute Gasteiger partial charge is 0.229 e. The Labute approximate surface area is 162 Å². The number of aromatic nitrogens is 2. The molecule has 1 aromatic heterocycles. The molecule has 28 heavy (non-hydrogen) atoms. The Morgan fingerprint density at radius 3 is 2.39 bits per heavy atom. The molecule has 1 heterocycles. The molecule has 6 nitrogen and oxygen atoms in total. The average Bonchev–Trinajstić information content (AvgIpc) is 2.71. The van der Waals surface area contributed by atoms with Crippen molar-refractivity contribution in [2.24, 2.45) is 0 Å². The Morgan fingerprint density at radius 2 is 1.61 bits per heavy atom. The highest BCUT2D eigenvalue weighted by Crippen LogP contribution is 2.30. The van der Waals surface area contributed by atoms with Gasteiger partial charge in [-0.2, -0.15) is 10.2 Å². The number of anilines is 4. The first-order valence-electron chi connectivity index (χ1n) is 8.77. The van der Waals surface area contributed by atoms with Gasteiger partial charge in [-0.15, -0.1) is 0 Å². The van der Waals surface area contributed by atoms with Crippen LogP contribution >= 0.6 is 0 Å². The van der Waals surface area contributed by atoms with Gasteiger partial charge in [0.15, 0.2) is 0 Å². The predicted molar refractivity (Wildman–Crippen MR) is 110 cm³/mol. The van der Waals surface area contributed by atoms with Crippen molar-refractivity contribution in [3.8, 4) is 11.8 Å². The molecule has 0 saturated carbocycles. The second-order valence-corrected chi connectivity index (χ2v) is 6.21. The van der Waals surface area contributed by atoms with Gasteiger partial charge >= 0.3 is 0 Å². The highest BCUT2D eigenvalue weighted by atomic mass is 16.3. The number of nitrogens with one attached hydrogen (secondary N) is 2. The molecular weight excluding hydrogens is 350 g/mol. The molecular formula is C22H17N5O. The van der Waals surface area contributed by atoms with Gasteiger partial charge in [0.2, 0.25) is 5.95 Å². The summed E-state index contributed by atoms with van der Waals surface area (Å²) in [5.41, 5.74) is 3.12. The Hall–Kier alpha value is -4.11. The number of nitriles is 1. The lowest BCUT2D eigenvalue weighted by molar-refractivity contribution is 0.478. The lowest BCUT2D eigenvalue weighted by Crippen LogP contribution is -2.02. The summed E-state index contributed by atoms with van der Waals surface area (Å²) >= 11 is 0. The summed E-state index contributed by atoms with van der Waals surface area (Å²) in [4.78, 5) is 9.17. The van der Waals surface area contributed by atoms with Crippen LogP contribution in [0.1, 0.15) is 5.56 Å². The second kappa shape index (κ2) is 7.64. The first kappa shape index (κ1) is 17.3. The second-order valence-electron chi connectivity index (χ2n) is 6.21. The zero-order valence-corrected chi connectivity index (χ0v) is 14.9. The highest BCUT2D eigenvalue weighted by Gasteiger charge is 2.10. The third kappa shape index (κ3) is 3.69. The van der Waals surface area contributed by atoms with Crippen LogP contribution in [0, 0.1) is 11.3 Å². The van der Waals surface area contributed by atoms with Crippen molar-refractivity contribution in [3.63, 3.8) is 0 Å². The number of benzene rings is 3. The van der Waals surface area contributed by atoms with Crippen molar-refractivity contribution >= 4 is 34.0 Å². The normalized spacial score (nSPS) is 10.4. The summed E-state index contributed by atoms with van der Waals surface area (Å²) in [6, 6.07) is 24.4. The number of para-hydroxylation sites is 3. The fourth-order valence-corrected chi connectivity index (χ4v) is 2.86. The quantitative estimate of drug-likeness (QED) is 0.435. The number of hydrogen-bond acceptors (Lipinski definition) is 6. The molecule has 0 amide bonds. The van der Waals surface area contributed by atoms with Crippen LogP contribution in [0.15, 0.2) is 72.8 Å². The van der Waals surface area contributed by atoms with E-state index in [1.54, 1.807) is 18.2 Å². The van der Waals surface area contributed by atoms with Gasteiger partial charge in [0.25, 0.3) is 0 Å². The molecule has 136 valence electrons. The molecule has 0 aliphatic heterocycles. The Morgan fingerprint density at radius 1 is 0.857 bits per heavy atom. The molecule has 0 spiro atoms. The maximum absolute atomic E-state index is 10.1. The minimum absolute atomic E-state index is 0.146. The Balaban J connectivity index is 1.69. The number of aromatic hydroxyl groups is 1. The average molecular weight is 367 g/mol. The minimum Gasteiger partial charge on any atom is -0.506 e. The van der Waals surface area contributed by atoms with Crippen molar-refractivity contribution in [1.29, 1.82) is 5.26 Å². The molecule has 0 aliphatic rings. The van der Waals surface area contributed by atoms with Gasteiger partial charge in [-0.25, -0.2) is 4.98 Å². The third-order valence-electron chi connectivity index (χ3n) is 4.25. The van der Waals surface area contributed by atoms with E-state index in [0.29, 0.717) is 23.9 Å². The Bertz CT molecular complexity index is 1170. The van der Waals surface area contributed by atoms with E-state index in [4.69, 9.17) is 5.26 Å². The van der Waals surface area contributed by atoms with Gasteiger partial charge in [-0.3, -0.25) is 0 Å². The maximum atomic E-state index is 10.1. The number of phenols is 1. The van der Waals surface area contributed by atoms with Crippen LogP contribution in [0.3, 0.4) is 0 Å². The topological polar surface area (TPSA) is 93.9 Å². The molecule has 0 atom stereocenters. The van der Waals surface area contributed by atoms with Crippen molar-refractivity contribution in [2.45, 2.75) is 6.42 Å². The molecule has 0 unspecified atom stereocenters. The number of rotatable bonds is 5. The van der Waals surface area contributed by atoms with Gasteiger partial charge in [-0.05, 0) is 42.0 Å². The van der Waals surface area contributed by atoms with Crippen LogP contribution in [-0.2, 0) is 6.42 Å². The molecule has 4 rings (SSSR count). The SMILES string of the molecule is N#CCc1ccc(Nc2nc(Nc3ccccc3O)c3ccccc3n2)cc1. The van der Waals surface area contributed by atoms with Crippen LogP contribution in [0.5, 0.6) is 5.75 Å². The molecule has 0 aliphatic carbocycles. The van der Waals surface area contributed by atoms with E-state index in [1.165, 1.54) is 0 Å². The van der Waals surface area contributed by atoms with E-state index in [-0.39, 0.29) is 5.75 Å². The zero-order chi connectivity index (χ0) is 19.3. The standard InChI is InChI=1S/C22H17N5O/c23-14-13-15-9-11-16(12-10-15)24-22-26-18-6-2-1-5-17(18)21(27-22)25-19-7-3-4-8-20(19)28/h1-12,28H,13H2,(H2,24,25,26,27). The lowest BCUT2D eigenvalue weighted by Gasteiger charge is -2.13. The van der Waals surface area contributed by atoms with Crippen molar-refractivity contribution < 1.29 is 5.11 Å². The van der Waals surface area contributed by atoms with E-state index < -0.39 is 0 Å². The number of phenolic OH excluding ortho intramolecular Hbond substituents is 1. The van der Waals surface area contributed by atoms with E-state index in [1.807, 2.05) is 54.6 Å². The first-order valence-corrected chi connectivity index (χ1v) is 8.77. The first-order chi connectivity index (χ1) is 13.7. The zero-order valence-electron chi connectivity index (χ0n) is 14.9. The summed E-state index contributed by atoms with van der Waals surface area (Å²) in [6.45, 7) is 0. The number of hydrogen-bond donors (Lipinski definition) is 3. The summed E-state index contributed by atoms with van der Waals surface area (Å²) in [7, 11) is 0. The van der Waals surface area contributed by atoms with Crippen molar-refractivity contribution in [2.75, 3.05) is 10.6 Å². The predicted octanol–water partition coefficient (Wildman–Crippen LogP) is 4.89. The summed E-state index contributed by atoms with van der Waals surface area (Å²) in [6.07, 6.45) is 0.376. The van der Waals surface area contributed by atoms with Gasteiger partial charge in [0.1, 0.15) is 11.6 Å². The molecule has 0 saturated heterocycles. The van der Waals surface area contributed by atoms with Crippen LogP contribution < -0.4 is 10.6 Å². The van der Waals surface area contributed by atoms with Crippen molar-refractivity contribution in [1.82, 2.24) is 9.97 Å². The molecule has 0 radical (unpaired) electrons. The maximum Gasteiger partial charge on any atom is 0.229 e. The van der Waals surface area contributed by atoms with Crippen LogP contribution in [0.4, 0.5) is 23.1 Å². The van der Waals surface area contributed by atoms with Crippen LogP contribution in [0.2, 0.25) is 0 Å². The number of nitrogens with zero attached hydrogens (tertiary/aromatic N) is 3. The van der Waals surface area contributed by atoms with E-state index in [9.17, 15) is 5.11 Å². The lowest BCUT2D eigenvalue weighted by atomic mass is 10.1.